The molecule has 1 aromatic heterocycles. The maximum absolute atomic E-state index is 9.91. The van der Waals surface area contributed by atoms with Crippen molar-refractivity contribution >= 4 is 0 Å². The van der Waals surface area contributed by atoms with E-state index in [1.807, 2.05) is 18.3 Å². The summed E-state index contributed by atoms with van der Waals surface area (Å²) in [5.74, 6) is 0.834. The molecule has 1 unspecified atom stereocenters. The second-order valence-corrected chi connectivity index (χ2v) is 5.86. The normalized spacial score (nSPS) is 24.5. The average Bonchev–Trinajstić information content (AvgIpc) is 2.48. The highest BCUT2D eigenvalue weighted by Crippen LogP contribution is 2.25. The number of ether oxygens (including phenoxy) is 1. The van der Waals surface area contributed by atoms with E-state index in [-0.39, 0.29) is 0 Å². The Morgan fingerprint density at radius 1 is 1.40 bits per heavy atom. The largest absolute Gasteiger partial charge is 0.389 e. The first-order valence-electron chi connectivity index (χ1n) is 7.63. The summed E-state index contributed by atoms with van der Waals surface area (Å²) in [5, 5.41) is 13.1. The van der Waals surface area contributed by atoms with Gasteiger partial charge < -0.3 is 15.2 Å². The van der Waals surface area contributed by atoms with E-state index < -0.39 is 6.10 Å². The van der Waals surface area contributed by atoms with Crippen molar-refractivity contribution in [2.75, 3.05) is 13.2 Å². The summed E-state index contributed by atoms with van der Waals surface area (Å²) in [6.07, 6.45) is 8.27. The first-order chi connectivity index (χ1) is 9.74. The Hall–Kier alpha value is -0.970. The quantitative estimate of drug-likeness (QED) is 0.802. The molecule has 1 heterocycles. The van der Waals surface area contributed by atoms with Gasteiger partial charge in [-0.1, -0.05) is 13.0 Å². The number of hydrogen-bond donors (Lipinski definition) is 2. The molecule has 0 amide bonds. The van der Waals surface area contributed by atoms with Crippen LogP contribution < -0.4 is 5.32 Å². The number of pyridine rings is 1. The second-order valence-electron chi connectivity index (χ2n) is 5.86. The lowest BCUT2D eigenvalue weighted by atomic mass is 9.89. The Labute approximate surface area is 121 Å². The topological polar surface area (TPSA) is 54.4 Å². The molecule has 0 spiro atoms. The fraction of sp³-hybridized carbons (Fsp3) is 0.688. The number of aliphatic hydroxyl groups is 1. The molecule has 1 fully saturated rings. The molecular formula is C16H26N2O2. The summed E-state index contributed by atoms with van der Waals surface area (Å²) in [4.78, 5) is 4.06. The van der Waals surface area contributed by atoms with Crippen LogP contribution in [-0.4, -0.2) is 35.5 Å². The molecule has 0 radical (unpaired) electrons. The van der Waals surface area contributed by atoms with E-state index in [2.05, 4.69) is 17.2 Å². The molecule has 2 rings (SSSR count). The molecule has 4 nitrogen and oxygen atoms in total. The molecule has 1 aliphatic carbocycles. The molecule has 0 bridgehead atoms. The van der Waals surface area contributed by atoms with Crippen LogP contribution in [0.1, 0.15) is 38.2 Å². The van der Waals surface area contributed by atoms with Crippen molar-refractivity contribution in [3.05, 3.63) is 30.1 Å². The van der Waals surface area contributed by atoms with Gasteiger partial charge in [0.05, 0.1) is 18.8 Å². The Morgan fingerprint density at radius 2 is 2.20 bits per heavy atom. The molecule has 1 aromatic rings. The van der Waals surface area contributed by atoms with Crippen molar-refractivity contribution in [1.82, 2.24) is 10.3 Å². The SMILES string of the molecule is CC1CCC(OCC(O)CNCc2cccnc2)CC1. The van der Waals surface area contributed by atoms with Crippen molar-refractivity contribution in [2.45, 2.75) is 51.4 Å². The van der Waals surface area contributed by atoms with Gasteiger partial charge in [0.25, 0.3) is 0 Å². The van der Waals surface area contributed by atoms with Crippen molar-refractivity contribution in [1.29, 1.82) is 0 Å². The van der Waals surface area contributed by atoms with Crippen LogP contribution in [0.3, 0.4) is 0 Å². The van der Waals surface area contributed by atoms with E-state index in [1.165, 1.54) is 12.8 Å². The maximum atomic E-state index is 9.91. The Morgan fingerprint density at radius 3 is 2.90 bits per heavy atom. The first-order valence-corrected chi connectivity index (χ1v) is 7.63. The van der Waals surface area contributed by atoms with Gasteiger partial charge in [-0.3, -0.25) is 4.98 Å². The Balaban J connectivity index is 1.55. The number of aliphatic hydroxyl groups excluding tert-OH is 1. The van der Waals surface area contributed by atoms with Gasteiger partial charge in [0.15, 0.2) is 0 Å². The van der Waals surface area contributed by atoms with Crippen molar-refractivity contribution in [3.8, 4) is 0 Å². The van der Waals surface area contributed by atoms with Gasteiger partial charge in [0, 0.05) is 25.5 Å². The van der Waals surface area contributed by atoms with Crippen LogP contribution in [-0.2, 0) is 11.3 Å². The summed E-state index contributed by atoms with van der Waals surface area (Å²) in [6, 6.07) is 3.94. The van der Waals surface area contributed by atoms with Crippen LogP contribution in [0.25, 0.3) is 0 Å². The fourth-order valence-corrected chi connectivity index (χ4v) is 2.59. The molecule has 2 N–H and O–H groups in total. The molecule has 4 heteroatoms. The standard InChI is InChI=1S/C16H26N2O2/c1-13-4-6-16(7-5-13)20-12-15(19)11-18-10-14-3-2-8-17-9-14/h2-3,8-9,13,15-16,18-19H,4-7,10-12H2,1H3. The molecule has 0 aromatic carbocycles. The zero-order valence-corrected chi connectivity index (χ0v) is 12.3. The number of aromatic nitrogens is 1. The van der Waals surface area contributed by atoms with E-state index in [1.54, 1.807) is 6.20 Å². The van der Waals surface area contributed by atoms with Crippen LogP contribution in [0.5, 0.6) is 0 Å². The minimum absolute atomic E-state index is 0.346. The van der Waals surface area contributed by atoms with Crippen LogP contribution in [0, 0.1) is 5.92 Å². The average molecular weight is 278 g/mol. The molecule has 0 aliphatic heterocycles. The van der Waals surface area contributed by atoms with Crippen molar-refractivity contribution in [2.24, 2.45) is 5.92 Å². The zero-order chi connectivity index (χ0) is 14.2. The van der Waals surface area contributed by atoms with Gasteiger partial charge >= 0.3 is 0 Å². The van der Waals surface area contributed by atoms with Crippen molar-refractivity contribution < 1.29 is 9.84 Å². The van der Waals surface area contributed by atoms with E-state index >= 15 is 0 Å². The van der Waals surface area contributed by atoms with E-state index in [0.717, 1.165) is 30.9 Å². The predicted octanol–water partition coefficient (Wildman–Crippen LogP) is 2.13. The number of nitrogens with zero attached hydrogens (tertiary/aromatic N) is 1. The minimum Gasteiger partial charge on any atom is -0.389 e. The molecule has 112 valence electrons. The number of rotatable bonds is 7. The highest BCUT2D eigenvalue weighted by Gasteiger charge is 2.19. The molecule has 1 saturated carbocycles. The van der Waals surface area contributed by atoms with E-state index in [4.69, 9.17) is 4.74 Å². The van der Waals surface area contributed by atoms with Gasteiger partial charge in [-0.05, 0) is 43.2 Å². The number of nitrogens with one attached hydrogen (secondary N) is 1. The zero-order valence-electron chi connectivity index (χ0n) is 12.3. The van der Waals surface area contributed by atoms with Gasteiger partial charge in [-0.25, -0.2) is 0 Å². The Kier molecular flexibility index (Phi) is 6.43. The number of hydrogen-bond acceptors (Lipinski definition) is 4. The summed E-state index contributed by atoms with van der Waals surface area (Å²) >= 11 is 0. The first kappa shape index (κ1) is 15.4. The lowest BCUT2D eigenvalue weighted by Gasteiger charge is -2.27. The van der Waals surface area contributed by atoms with Gasteiger partial charge in [-0.15, -0.1) is 0 Å². The monoisotopic (exact) mass is 278 g/mol. The second kappa shape index (κ2) is 8.35. The predicted molar refractivity (Wildman–Crippen MR) is 79.3 cm³/mol. The van der Waals surface area contributed by atoms with Crippen LogP contribution in [0.2, 0.25) is 0 Å². The summed E-state index contributed by atoms with van der Waals surface area (Å²) < 4.78 is 5.79. The summed E-state index contributed by atoms with van der Waals surface area (Å²) in [7, 11) is 0. The molecule has 1 aliphatic rings. The third kappa shape index (κ3) is 5.57. The third-order valence-corrected chi connectivity index (χ3v) is 3.92. The highest BCUT2D eigenvalue weighted by molar-refractivity contribution is 5.07. The third-order valence-electron chi connectivity index (χ3n) is 3.92. The summed E-state index contributed by atoms with van der Waals surface area (Å²) in [6.45, 7) is 4.01. The molecule has 20 heavy (non-hydrogen) atoms. The molecular weight excluding hydrogens is 252 g/mol. The maximum Gasteiger partial charge on any atom is 0.0897 e. The minimum atomic E-state index is -0.439. The highest BCUT2D eigenvalue weighted by atomic mass is 16.5. The molecule has 1 atom stereocenters. The van der Waals surface area contributed by atoms with Gasteiger partial charge in [0.1, 0.15) is 0 Å². The smallest absolute Gasteiger partial charge is 0.0897 e. The fourth-order valence-electron chi connectivity index (χ4n) is 2.59. The van der Waals surface area contributed by atoms with E-state index in [9.17, 15) is 5.11 Å². The van der Waals surface area contributed by atoms with Gasteiger partial charge in [-0.2, -0.15) is 0 Å². The van der Waals surface area contributed by atoms with Crippen LogP contribution >= 0.6 is 0 Å². The summed E-state index contributed by atoms with van der Waals surface area (Å²) in [5.41, 5.74) is 1.13. The van der Waals surface area contributed by atoms with Crippen molar-refractivity contribution in [3.63, 3.8) is 0 Å². The van der Waals surface area contributed by atoms with Crippen LogP contribution in [0.4, 0.5) is 0 Å². The molecule has 0 saturated heterocycles. The lowest BCUT2D eigenvalue weighted by Crippen LogP contribution is -2.32. The van der Waals surface area contributed by atoms with E-state index in [0.29, 0.717) is 19.3 Å². The van der Waals surface area contributed by atoms with Gasteiger partial charge in [0.2, 0.25) is 0 Å². The van der Waals surface area contributed by atoms with Crippen LogP contribution in [0.15, 0.2) is 24.5 Å². The lowest BCUT2D eigenvalue weighted by molar-refractivity contribution is -0.0278. The Bertz CT molecular complexity index is 364.